The highest BCUT2D eigenvalue weighted by molar-refractivity contribution is 7.89. The molecular weight excluding hydrogens is 384 g/mol. The van der Waals surface area contributed by atoms with Crippen LogP contribution in [0, 0.1) is 10.1 Å². The Labute approximate surface area is 161 Å². The lowest BCUT2D eigenvalue weighted by atomic mass is 10.2. The Balaban J connectivity index is 1.87. The minimum absolute atomic E-state index is 0.182. The van der Waals surface area contributed by atoms with E-state index in [-0.39, 0.29) is 16.3 Å². The van der Waals surface area contributed by atoms with E-state index in [9.17, 15) is 18.5 Å². The molecule has 2 aromatic carbocycles. The molecule has 0 radical (unpaired) electrons. The Kier molecular flexibility index (Phi) is 5.38. The van der Waals surface area contributed by atoms with E-state index in [1.54, 1.807) is 17.8 Å². The largest absolute Gasteiger partial charge is 0.371 e. The quantitative estimate of drug-likeness (QED) is 0.457. The van der Waals surface area contributed by atoms with Crippen LogP contribution in [0.25, 0.3) is 5.69 Å². The molecule has 0 bridgehead atoms. The first-order valence-electron chi connectivity index (χ1n) is 8.28. The Bertz CT molecular complexity index is 1100. The number of nitrogens with zero attached hydrogens (tertiary/aromatic N) is 4. The molecule has 28 heavy (non-hydrogen) atoms. The summed E-state index contributed by atoms with van der Waals surface area (Å²) >= 11 is 0. The van der Waals surface area contributed by atoms with Crippen LogP contribution in [-0.2, 0) is 10.0 Å². The number of benzene rings is 2. The van der Waals surface area contributed by atoms with E-state index >= 15 is 0 Å². The molecule has 146 valence electrons. The molecule has 1 unspecified atom stereocenters. The van der Waals surface area contributed by atoms with Crippen LogP contribution in [0.4, 0.5) is 11.4 Å². The first-order valence-corrected chi connectivity index (χ1v) is 9.76. The van der Waals surface area contributed by atoms with E-state index in [0.29, 0.717) is 5.69 Å². The molecule has 0 amide bonds. The van der Waals surface area contributed by atoms with Crippen LogP contribution < -0.4 is 10.0 Å². The van der Waals surface area contributed by atoms with Crippen molar-refractivity contribution in [2.24, 2.45) is 0 Å². The summed E-state index contributed by atoms with van der Waals surface area (Å²) < 4.78 is 27.5. The topological polar surface area (TPSA) is 132 Å². The number of nitrogens with one attached hydrogen (secondary N) is 2. The molecule has 0 aliphatic rings. The molecule has 0 aliphatic carbocycles. The van der Waals surface area contributed by atoms with Gasteiger partial charge in [0.25, 0.3) is 5.69 Å². The van der Waals surface area contributed by atoms with Crippen molar-refractivity contribution in [1.29, 1.82) is 0 Å². The molecule has 0 spiro atoms. The highest BCUT2D eigenvalue weighted by atomic mass is 32.2. The molecule has 10 nitrogen and oxygen atoms in total. The average Bonchev–Trinajstić information content (AvgIpc) is 3.19. The molecule has 0 fully saturated rings. The Morgan fingerprint density at radius 2 is 1.89 bits per heavy atom. The van der Waals surface area contributed by atoms with Gasteiger partial charge >= 0.3 is 0 Å². The maximum Gasteiger partial charge on any atom is 0.293 e. The summed E-state index contributed by atoms with van der Waals surface area (Å²) in [5, 5.41) is 22.6. The van der Waals surface area contributed by atoms with Crippen molar-refractivity contribution >= 4 is 21.4 Å². The number of para-hydroxylation sites is 1. The Morgan fingerprint density at radius 3 is 2.54 bits per heavy atom. The molecule has 1 aromatic heterocycles. The van der Waals surface area contributed by atoms with Gasteiger partial charge in [-0.05, 0) is 38.2 Å². The van der Waals surface area contributed by atoms with E-state index in [0.717, 1.165) is 11.8 Å². The van der Waals surface area contributed by atoms with Crippen LogP contribution in [0.3, 0.4) is 0 Å². The van der Waals surface area contributed by atoms with Gasteiger partial charge in [0.05, 0.1) is 27.7 Å². The third-order valence-corrected chi connectivity index (χ3v) is 5.50. The molecule has 3 aromatic rings. The minimum atomic E-state index is -3.79. The number of sulfonamides is 1. The third kappa shape index (κ3) is 4.00. The van der Waals surface area contributed by atoms with Gasteiger partial charge in [0, 0.05) is 6.07 Å². The number of anilines is 1. The normalized spacial score (nSPS) is 12.5. The molecule has 3 rings (SSSR count). The lowest BCUT2D eigenvalue weighted by Gasteiger charge is -2.13. The van der Waals surface area contributed by atoms with Crippen LogP contribution in [0.5, 0.6) is 0 Å². The second kappa shape index (κ2) is 7.74. The van der Waals surface area contributed by atoms with Crippen molar-refractivity contribution in [2.45, 2.75) is 17.9 Å². The highest BCUT2D eigenvalue weighted by Crippen LogP contribution is 2.30. The Morgan fingerprint density at radius 1 is 1.18 bits per heavy atom. The van der Waals surface area contributed by atoms with E-state index in [1.165, 1.54) is 19.2 Å². The van der Waals surface area contributed by atoms with Gasteiger partial charge in [0.1, 0.15) is 11.4 Å². The van der Waals surface area contributed by atoms with Crippen LogP contribution in [0.2, 0.25) is 0 Å². The molecule has 0 saturated heterocycles. The lowest BCUT2D eigenvalue weighted by Crippen LogP contribution is -2.19. The van der Waals surface area contributed by atoms with Crippen molar-refractivity contribution in [1.82, 2.24) is 19.7 Å². The molecule has 1 atom stereocenters. The van der Waals surface area contributed by atoms with Crippen molar-refractivity contribution in [3.8, 4) is 5.69 Å². The number of aromatic nitrogens is 3. The number of hydrogen-bond acceptors (Lipinski definition) is 7. The number of nitro benzene ring substituents is 1. The lowest BCUT2D eigenvalue weighted by molar-refractivity contribution is -0.384. The zero-order valence-electron chi connectivity index (χ0n) is 15.1. The van der Waals surface area contributed by atoms with Crippen LogP contribution in [0.1, 0.15) is 18.7 Å². The van der Waals surface area contributed by atoms with Gasteiger partial charge in [-0.2, -0.15) is 0 Å². The van der Waals surface area contributed by atoms with E-state index in [1.807, 2.05) is 30.3 Å². The molecule has 1 heterocycles. The van der Waals surface area contributed by atoms with Crippen LogP contribution in [-0.4, -0.2) is 35.4 Å². The van der Waals surface area contributed by atoms with Crippen LogP contribution >= 0.6 is 0 Å². The van der Waals surface area contributed by atoms with Crippen molar-refractivity contribution < 1.29 is 13.3 Å². The smallest absolute Gasteiger partial charge is 0.293 e. The summed E-state index contributed by atoms with van der Waals surface area (Å²) in [5.41, 5.74) is 1.24. The SMILES string of the molecule is CNS(=O)(=O)c1ccc(NC(C)c2cn(-c3ccccc3)nn2)c([N+](=O)[O-])c1. The predicted octanol–water partition coefficient (Wildman–Crippen LogP) is 2.26. The van der Waals surface area contributed by atoms with Gasteiger partial charge < -0.3 is 5.32 Å². The number of rotatable bonds is 7. The third-order valence-electron chi connectivity index (χ3n) is 4.09. The van der Waals surface area contributed by atoms with Gasteiger partial charge in [0.2, 0.25) is 10.0 Å². The average molecular weight is 402 g/mol. The molecule has 0 aliphatic heterocycles. The predicted molar refractivity (Wildman–Crippen MR) is 103 cm³/mol. The second-order valence-electron chi connectivity index (χ2n) is 5.93. The molecule has 0 saturated carbocycles. The first-order chi connectivity index (χ1) is 13.3. The second-order valence-corrected chi connectivity index (χ2v) is 7.82. The molecule has 2 N–H and O–H groups in total. The fourth-order valence-corrected chi connectivity index (χ4v) is 3.31. The first kappa shape index (κ1) is 19.5. The zero-order valence-corrected chi connectivity index (χ0v) is 15.9. The summed E-state index contributed by atoms with van der Waals surface area (Å²) in [5.74, 6) is 0. The molecular formula is C17H18N6O4S. The fraction of sp³-hybridized carbons (Fsp3) is 0.176. The maximum absolute atomic E-state index is 11.9. The van der Waals surface area contributed by atoms with Crippen molar-refractivity contribution in [3.63, 3.8) is 0 Å². The highest BCUT2D eigenvalue weighted by Gasteiger charge is 2.22. The summed E-state index contributed by atoms with van der Waals surface area (Å²) in [6, 6.07) is 12.7. The van der Waals surface area contributed by atoms with Crippen LogP contribution in [0.15, 0.2) is 59.6 Å². The number of hydrogen-bond donors (Lipinski definition) is 2. The van der Waals surface area contributed by atoms with Gasteiger partial charge in [-0.1, -0.05) is 23.4 Å². The summed E-state index contributed by atoms with van der Waals surface area (Å²) in [4.78, 5) is 10.6. The maximum atomic E-state index is 11.9. The fourth-order valence-electron chi connectivity index (χ4n) is 2.56. The van der Waals surface area contributed by atoms with Gasteiger partial charge in [0.15, 0.2) is 0 Å². The zero-order chi connectivity index (χ0) is 20.3. The van der Waals surface area contributed by atoms with Gasteiger partial charge in [-0.15, -0.1) is 5.10 Å². The van der Waals surface area contributed by atoms with Gasteiger partial charge in [-0.25, -0.2) is 17.8 Å². The Hall–Kier alpha value is -3.31. The van der Waals surface area contributed by atoms with Gasteiger partial charge in [-0.3, -0.25) is 10.1 Å². The van der Waals surface area contributed by atoms with Crippen molar-refractivity contribution in [2.75, 3.05) is 12.4 Å². The van der Waals surface area contributed by atoms with Crippen molar-refractivity contribution in [3.05, 3.63) is 70.5 Å². The molecule has 11 heteroatoms. The number of nitro groups is 1. The summed E-state index contributed by atoms with van der Waals surface area (Å²) in [6.07, 6.45) is 1.72. The monoisotopic (exact) mass is 402 g/mol. The van der Waals surface area contributed by atoms with E-state index in [2.05, 4.69) is 20.4 Å². The standard InChI is InChI=1S/C17H18N6O4S/c1-12(16-11-22(21-20-16)13-6-4-3-5-7-13)19-15-9-8-14(28(26,27)18-2)10-17(15)23(24)25/h3-12,18-19H,1-2H3. The summed E-state index contributed by atoms with van der Waals surface area (Å²) in [6.45, 7) is 1.78. The minimum Gasteiger partial charge on any atom is -0.371 e. The van der Waals surface area contributed by atoms with E-state index in [4.69, 9.17) is 0 Å². The summed E-state index contributed by atoms with van der Waals surface area (Å²) in [7, 11) is -2.55. The van der Waals surface area contributed by atoms with E-state index < -0.39 is 21.0 Å².